The molecule has 0 saturated carbocycles. The lowest BCUT2D eigenvalue weighted by Gasteiger charge is -2.03. The summed E-state index contributed by atoms with van der Waals surface area (Å²) in [6.45, 7) is 6.75. The quantitative estimate of drug-likeness (QED) is 0.170. The highest BCUT2D eigenvalue weighted by atomic mass is 14.9. The predicted octanol–water partition coefficient (Wildman–Crippen LogP) is 7.82. The average molecular weight is 425 g/mol. The first kappa shape index (κ1) is 25.6. The molecule has 2 aromatic rings. The fraction of sp³-hybridized carbons (Fsp3) is 0.655. The Labute approximate surface area is 192 Å². The van der Waals surface area contributed by atoms with Gasteiger partial charge in [0.25, 0.3) is 0 Å². The van der Waals surface area contributed by atoms with Crippen molar-refractivity contribution in [3.8, 4) is 11.1 Å². The zero-order valence-corrected chi connectivity index (χ0v) is 20.5. The summed E-state index contributed by atoms with van der Waals surface area (Å²) in [5.74, 6) is 0. The van der Waals surface area contributed by atoms with Crippen LogP contribution >= 0.6 is 0 Å². The molecule has 2 aromatic heterocycles. The lowest BCUT2D eigenvalue weighted by molar-refractivity contribution is -0.697. The molecule has 0 amide bonds. The number of hydrogen-bond donors (Lipinski definition) is 0. The molecule has 2 nitrogen and oxygen atoms in total. The van der Waals surface area contributed by atoms with Crippen LogP contribution in [0.5, 0.6) is 0 Å². The summed E-state index contributed by atoms with van der Waals surface area (Å²) in [6, 6.07) is 8.96. The standard InChI is InChI=1S/C29H48N2/c1-3-5-6-7-8-9-10-11-12-13-14-15-16-17-23-31-26-20-29(21-27-31)28-18-24-30(22-4-2)25-19-28/h18-21,24-27H,3-17,22-23H2,1-2H3/q+2. The molecule has 0 bridgehead atoms. The molecule has 2 heteroatoms. The molecule has 172 valence electrons. The predicted molar refractivity (Wildman–Crippen MR) is 133 cm³/mol. The molecule has 0 aromatic carbocycles. The van der Waals surface area contributed by atoms with Gasteiger partial charge in [-0.1, -0.05) is 90.9 Å². The van der Waals surface area contributed by atoms with Crippen LogP contribution in [0.4, 0.5) is 0 Å². The second kappa shape index (κ2) is 16.9. The fourth-order valence-electron chi connectivity index (χ4n) is 4.34. The minimum Gasteiger partial charge on any atom is -0.205 e. The lowest BCUT2D eigenvalue weighted by Crippen LogP contribution is -2.32. The van der Waals surface area contributed by atoms with Gasteiger partial charge in [-0.3, -0.25) is 0 Å². The molecule has 0 aliphatic heterocycles. The van der Waals surface area contributed by atoms with Crippen LogP contribution in [0.25, 0.3) is 11.1 Å². The summed E-state index contributed by atoms with van der Waals surface area (Å²) < 4.78 is 4.59. The lowest BCUT2D eigenvalue weighted by atomic mass is 10.0. The number of rotatable bonds is 18. The highest BCUT2D eigenvalue weighted by Crippen LogP contribution is 2.16. The molecular formula is C29H48N2+2. The Balaban J connectivity index is 1.48. The van der Waals surface area contributed by atoms with Gasteiger partial charge in [0.1, 0.15) is 13.1 Å². The monoisotopic (exact) mass is 424 g/mol. The molecule has 31 heavy (non-hydrogen) atoms. The van der Waals surface area contributed by atoms with E-state index in [9.17, 15) is 0 Å². The number of pyridine rings is 2. The van der Waals surface area contributed by atoms with E-state index in [1.54, 1.807) is 0 Å². The second-order valence-electron chi connectivity index (χ2n) is 9.25. The van der Waals surface area contributed by atoms with Crippen LogP contribution in [0.1, 0.15) is 110 Å². The Bertz CT molecular complexity index is 660. The molecule has 0 spiro atoms. The van der Waals surface area contributed by atoms with E-state index >= 15 is 0 Å². The highest BCUT2D eigenvalue weighted by Gasteiger charge is 2.05. The van der Waals surface area contributed by atoms with E-state index < -0.39 is 0 Å². The van der Waals surface area contributed by atoms with E-state index in [0.29, 0.717) is 0 Å². The highest BCUT2D eigenvalue weighted by molar-refractivity contribution is 5.60. The van der Waals surface area contributed by atoms with Gasteiger partial charge < -0.3 is 0 Å². The van der Waals surface area contributed by atoms with Gasteiger partial charge in [-0.2, -0.15) is 0 Å². The van der Waals surface area contributed by atoms with Gasteiger partial charge >= 0.3 is 0 Å². The molecule has 0 saturated heterocycles. The number of nitrogens with zero attached hydrogens (tertiary/aromatic N) is 2. The van der Waals surface area contributed by atoms with Crippen LogP contribution in [0.15, 0.2) is 49.1 Å². The van der Waals surface area contributed by atoms with Crippen molar-refractivity contribution in [2.24, 2.45) is 0 Å². The van der Waals surface area contributed by atoms with Crippen molar-refractivity contribution in [1.29, 1.82) is 0 Å². The van der Waals surface area contributed by atoms with Crippen LogP contribution < -0.4 is 9.13 Å². The van der Waals surface area contributed by atoms with E-state index in [1.807, 2.05) is 0 Å². The maximum Gasteiger partial charge on any atom is 0.169 e. The second-order valence-corrected chi connectivity index (χ2v) is 9.25. The molecule has 0 unspecified atom stereocenters. The third-order valence-electron chi connectivity index (χ3n) is 6.37. The van der Waals surface area contributed by atoms with E-state index in [1.165, 1.54) is 107 Å². The summed E-state index contributed by atoms with van der Waals surface area (Å²) in [6.07, 6.45) is 29.9. The summed E-state index contributed by atoms with van der Waals surface area (Å²) in [5, 5.41) is 0. The molecule has 0 fully saturated rings. The van der Waals surface area contributed by atoms with Gasteiger partial charge in [-0.05, 0) is 17.5 Å². The normalized spacial score (nSPS) is 11.2. The van der Waals surface area contributed by atoms with Gasteiger partial charge in [0.2, 0.25) is 0 Å². The number of hydrogen-bond acceptors (Lipinski definition) is 0. The maximum atomic E-state index is 2.34. The molecule has 0 aliphatic carbocycles. The minimum atomic E-state index is 1.09. The van der Waals surface area contributed by atoms with Crippen molar-refractivity contribution in [3.63, 3.8) is 0 Å². The van der Waals surface area contributed by atoms with E-state index in [-0.39, 0.29) is 0 Å². The van der Waals surface area contributed by atoms with Gasteiger partial charge in [-0.15, -0.1) is 0 Å². The van der Waals surface area contributed by atoms with Crippen LogP contribution in [0.3, 0.4) is 0 Å². The smallest absolute Gasteiger partial charge is 0.169 e. The third-order valence-corrected chi connectivity index (χ3v) is 6.37. The molecule has 2 rings (SSSR count). The van der Waals surface area contributed by atoms with E-state index in [4.69, 9.17) is 0 Å². The van der Waals surface area contributed by atoms with Crippen molar-refractivity contribution in [2.45, 2.75) is 123 Å². The van der Waals surface area contributed by atoms with Crippen molar-refractivity contribution in [3.05, 3.63) is 49.1 Å². The molecule has 0 atom stereocenters. The first-order valence-electron chi connectivity index (χ1n) is 13.3. The summed E-state index contributed by atoms with van der Waals surface area (Å²) in [7, 11) is 0. The Hall–Kier alpha value is -1.70. The first-order valence-corrected chi connectivity index (χ1v) is 13.3. The number of unbranched alkanes of at least 4 members (excludes halogenated alkanes) is 13. The van der Waals surface area contributed by atoms with Crippen LogP contribution in [0.2, 0.25) is 0 Å². The minimum absolute atomic E-state index is 1.09. The van der Waals surface area contributed by atoms with Crippen molar-refractivity contribution < 1.29 is 9.13 Å². The molecular weight excluding hydrogens is 376 g/mol. The van der Waals surface area contributed by atoms with E-state index in [2.05, 4.69) is 72.0 Å². The summed E-state index contributed by atoms with van der Waals surface area (Å²) in [5.41, 5.74) is 2.61. The third kappa shape index (κ3) is 11.5. The van der Waals surface area contributed by atoms with Crippen LogP contribution in [-0.4, -0.2) is 0 Å². The Kier molecular flexibility index (Phi) is 14.0. The summed E-state index contributed by atoms with van der Waals surface area (Å²) in [4.78, 5) is 0. The number of aromatic nitrogens is 2. The largest absolute Gasteiger partial charge is 0.205 e. The Morgan fingerprint density at radius 2 is 0.774 bits per heavy atom. The topological polar surface area (TPSA) is 7.76 Å². The van der Waals surface area contributed by atoms with Crippen molar-refractivity contribution in [1.82, 2.24) is 0 Å². The average Bonchev–Trinajstić information content (AvgIpc) is 2.80. The number of aryl methyl sites for hydroxylation is 2. The Morgan fingerprint density at radius 3 is 1.16 bits per heavy atom. The van der Waals surface area contributed by atoms with Gasteiger partial charge in [0, 0.05) is 37.1 Å². The molecule has 0 N–H and O–H groups in total. The molecule has 2 heterocycles. The summed E-state index contributed by atoms with van der Waals surface area (Å²) >= 11 is 0. The van der Waals surface area contributed by atoms with Crippen LogP contribution in [0, 0.1) is 0 Å². The van der Waals surface area contributed by atoms with Crippen molar-refractivity contribution in [2.75, 3.05) is 0 Å². The Morgan fingerprint density at radius 1 is 0.419 bits per heavy atom. The maximum absolute atomic E-state index is 2.34. The van der Waals surface area contributed by atoms with Crippen LogP contribution in [-0.2, 0) is 13.1 Å². The molecule has 0 radical (unpaired) electrons. The van der Waals surface area contributed by atoms with Gasteiger partial charge in [0.05, 0.1) is 0 Å². The fourth-order valence-corrected chi connectivity index (χ4v) is 4.34. The SMILES string of the molecule is CCCCCCCCCCCCCCCC[n+]1ccc(-c2cc[n+](CCC)cc2)cc1. The zero-order valence-electron chi connectivity index (χ0n) is 20.5. The van der Waals surface area contributed by atoms with Gasteiger partial charge in [0.15, 0.2) is 24.8 Å². The molecule has 0 aliphatic rings. The zero-order chi connectivity index (χ0) is 22.0. The van der Waals surface area contributed by atoms with Crippen molar-refractivity contribution >= 4 is 0 Å². The van der Waals surface area contributed by atoms with Gasteiger partial charge in [-0.25, -0.2) is 9.13 Å². The van der Waals surface area contributed by atoms with E-state index in [0.717, 1.165) is 13.1 Å². The first-order chi connectivity index (χ1) is 15.3.